The van der Waals surface area contributed by atoms with Gasteiger partial charge in [0, 0.05) is 0 Å². The molecule has 1 aliphatic rings. The number of benzene rings is 1. The summed E-state index contributed by atoms with van der Waals surface area (Å²) in [6, 6.07) is 4.71. The first-order chi connectivity index (χ1) is 17.3. The topological polar surface area (TPSA) is 21.3 Å². The Labute approximate surface area is 223 Å². The molecular weight excluding hydrogens is 438 g/mol. The van der Waals surface area contributed by atoms with Gasteiger partial charge in [0.25, 0.3) is 0 Å². The van der Waals surface area contributed by atoms with Crippen molar-refractivity contribution in [3.8, 4) is 5.75 Å². The normalized spacial score (nSPS) is 17.4. The summed E-state index contributed by atoms with van der Waals surface area (Å²) in [5, 5.41) is 3.51. The van der Waals surface area contributed by atoms with Gasteiger partial charge in [-0.15, -0.1) is 0 Å². The second kappa shape index (κ2) is 15.9. The zero-order chi connectivity index (χ0) is 26.5. The van der Waals surface area contributed by atoms with Crippen LogP contribution in [0.3, 0.4) is 0 Å². The van der Waals surface area contributed by atoms with Crippen LogP contribution in [0.25, 0.3) is 5.57 Å². The number of piperidine rings is 1. The Hall–Kier alpha value is -2.06. The predicted octanol–water partition coefficient (Wildman–Crippen LogP) is 9.71. The molecular formula is C34H53NO. The number of aryl methyl sites for hydroxylation is 1. The lowest BCUT2D eigenvalue weighted by molar-refractivity contribution is 0.323. The number of unbranched alkanes of at least 4 members (excludes halogenated alkanes) is 1. The summed E-state index contributed by atoms with van der Waals surface area (Å²) in [7, 11) is 1.83. The zero-order valence-corrected chi connectivity index (χ0v) is 24.6. The third-order valence-corrected chi connectivity index (χ3v) is 7.75. The minimum atomic E-state index is 0.559. The highest BCUT2D eigenvalue weighted by Gasteiger charge is 2.22. The Morgan fingerprint density at radius 1 is 1.06 bits per heavy atom. The van der Waals surface area contributed by atoms with E-state index in [1.165, 1.54) is 64.7 Å². The molecule has 1 unspecified atom stereocenters. The molecule has 1 heterocycles. The average molecular weight is 492 g/mol. The third kappa shape index (κ3) is 9.11. The van der Waals surface area contributed by atoms with E-state index in [1.54, 1.807) is 0 Å². The number of methoxy groups -OCH3 is 1. The minimum absolute atomic E-state index is 0.559. The summed E-state index contributed by atoms with van der Waals surface area (Å²) in [5.74, 6) is 2.43. The molecule has 1 saturated heterocycles. The average Bonchev–Trinajstić information content (AvgIpc) is 2.88. The molecule has 2 heteroatoms. The molecule has 0 bridgehead atoms. The Kier molecular flexibility index (Phi) is 13.3. The van der Waals surface area contributed by atoms with E-state index in [2.05, 4.69) is 90.2 Å². The molecule has 0 radical (unpaired) electrons. The maximum Gasteiger partial charge on any atom is 0.122 e. The summed E-state index contributed by atoms with van der Waals surface area (Å²) in [6.45, 7) is 18.1. The summed E-state index contributed by atoms with van der Waals surface area (Å²) in [6.07, 6.45) is 19.0. The molecule has 1 N–H and O–H groups in total. The molecule has 0 aromatic heterocycles. The number of nitrogens with one attached hydrogen (secondary N) is 1. The zero-order valence-electron chi connectivity index (χ0n) is 24.6. The second-order valence-corrected chi connectivity index (χ2v) is 10.8. The molecule has 1 aromatic carbocycles. The van der Waals surface area contributed by atoms with E-state index in [-0.39, 0.29) is 0 Å². The minimum Gasteiger partial charge on any atom is -0.496 e. The smallest absolute Gasteiger partial charge is 0.122 e. The van der Waals surface area contributed by atoms with Crippen LogP contribution >= 0.6 is 0 Å². The summed E-state index contributed by atoms with van der Waals surface area (Å²) in [4.78, 5) is 0. The summed E-state index contributed by atoms with van der Waals surface area (Å²) in [5.41, 5.74) is 9.43. The van der Waals surface area contributed by atoms with Crippen molar-refractivity contribution < 1.29 is 4.74 Å². The molecule has 0 saturated carbocycles. The molecule has 1 aromatic rings. The number of rotatable bonds is 13. The SMILES string of the molecule is CCC/C=C(/C=C(/C)c1cc(OC)c(C(CC)CC2CCNCC2)cc1C)C(\C)=C\C=C(\C)CCC. The molecule has 2 nitrogen and oxygen atoms in total. The monoisotopic (exact) mass is 491 g/mol. The van der Waals surface area contributed by atoms with Gasteiger partial charge in [-0.25, -0.2) is 0 Å². The largest absolute Gasteiger partial charge is 0.496 e. The van der Waals surface area contributed by atoms with E-state index in [0.29, 0.717) is 5.92 Å². The van der Waals surface area contributed by atoms with Crippen LogP contribution < -0.4 is 10.1 Å². The molecule has 1 atom stereocenters. The van der Waals surface area contributed by atoms with Crippen molar-refractivity contribution in [1.82, 2.24) is 5.32 Å². The highest BCUT2D eigenvalue weighted by molar-refractivity contribution is 5.72. The number of ether oxygens (including phenoxy) is 1. The Morgan fingerprint density at radius 3 is 2.39 bits per heavy atom. The van der Waals surface area contributed by atoms with Crippen LogP contribution in [0.1, 0.15) is 116 Å². The number of hydrogen-bond donors (Lipinski definition) is 1. The van der Waals surface area contributed by atoms with E-state index < -0.39 is 0 Å². The fourth-order valence-electron chi connectivity index (χ4n) is 5.45. The van der Waals surface area contributed by atoms with Crippen LogP contribution in [0.4, 0.5) is 0 Å². The quantitative estimate of drug-likeness (QED) is 0.277. The molecule has 200 valence electrons. The Morgan fingerprint density at radius 2 is 1.78 bits per heavy atom. The van der Waals surface area contributed by atoms with Crippen LogP contribution in [0.2, 0.25) is 0 Å². The maximum absolute atomic E-state index is 6.00. The molecule has 0 aliphatic carbocycles. The van der Waals surface area contributed by atoms with Crippen molar-refractivity contribution in [2.75, 3.05) is 20.2 Å². The fraction of sp³-hybridized carbons (Fsp3) is 0.588. The van der Waals surface area contributed by atoms with Crippen molar-refractivity contribution >= 4 is 5.57 Å². The molecule has 0 amide bonds. The van der Waals surface area contributed by atoms with Crippen molar-refractivity contribution in [3.63, 3.8) is 0 Å². The molecule has 1 aliphatic heterocycles. The van der Waals surface area contributed by atoms with Gasteiger partial charge in [0.2, 0.25) is 0 Å². The van der Waals surface area contributed by atoms with Crippen LogP contribution in [-0.2, 0) is 0 Å². The van der Waals surface area contributed by atoms with Crippen molar-refractivity contribution in [2.45, 2.75) is 106 Å². The van der Waals surface area contributed by atoms with Gasteiger partial charge in [0.05, 0.1) is 7.11 Å². The lowest BCUT2D eigenvalue weighted by Crippen LogP contribution is -2.28. The molecule has 1 fully saturated rings. The molecule has 0 spiro atoms. The Bertz CT molecular complexity index is 940. The third-order valence-electron chi connectivity index (χ3n) is 7.75. The van der Waals surface area contributed by atoms with Gasteiger partial charge in [-0.3, -0.25) is 0 Å². The van der Waals surface area contributed by atoms with E-state index in [9.17, 15) is 0 Å². The van der Waals surface area contributed by atoms with Crippen molar-refractivity contribution in [2.24, 2.45) is 5.92 Å². The lowest BCUT2D eigenvalue weighted by Gasteiger charge is -2.28. The number of hydrogen-bond acceptors (Lipinski definition) is 2. The number of allylic oxidation sites excluding steroid dienone is 8. The first-order valence-electron chi connectivity index (χ1n) is 14.5. The van der Waals surface area contributed by atoms with E-state index >= 15 is 0 Å². The van der Waals surface area contributed by atoms with Gasteiger partial charge in [-0.05, 0) is 131 Å². The summed E-state index contributed by atoms with van der Waals surface area (Å²) < 4.78 is 6.00. The van der Waals surface area contributed by atoms with Gasteiger partial charge in [-0.2, -0.15) is 0 Å². The van der Waals surface area contributed by atoms with Crippen molar-refractivity contribution in [3.05, 3.63) is 69.8 Å². The molecule has 36 heavy (non-hydrogen) atoms. The Balaban J connectivity index is 2.39. The van der Waals surface area contributed by atoms with Gasteiger partial charge < -0.3 is 10.1 Å². The van der Waals surface area contributed by atoms with Gasteiger partial charge in [0.1, 0.15) is 5.75 Å². The van der Waals surface area contributed by atoms with E-state index in [0.717, 1.165) is 50.4 Å². The van der Waals surface area contributed by atoms with E-state index in [4.69, 9.17) is 4.74 Å². The first kappa shape index (κ1) is 30.2. The predicted molar refractivity (Wildman–Crippen MR) is 160 cm³/mol. The van der Waals surface area contributed by atoms with Crippen LogP contribution in [0.15, 0.2) is 53.2 Å². The van der Waals surface area contributed by atoms with E-state index in [1.807, 2.05) is 7.11 Å². The van der Waals surface area contributed by atoms with Crippen LogP contribution in [-0.4, -0.2) is 20.2 Å². The van der Waals surface area contributed by atoms with Gasteiger partial charge in [-0.1, -0.05) is 69.6 Å². The lowest BCUT2D eigenvalue weighted by atomic mass is 9.81. The highest BCUT2D eigenvalue weighted by Crippen LogP contribution is 2.39. The highest BCUT2D eigenvalue weighted by atomic mass is 16.5. The second-order valence-electron chi connectivity index (χ2n) is 10.8. The van der Waals surface area contributed by atoms with Gasteiger partial charge >= 0.3 is 0 Å². The van der Waals surface area contributed by atoms with Crippen molar-refractivity contribution in [1.29, 1.82) is 0 Å². The molecule has 2 rings (SSSR count). The summed E-state index contributed by atoms with van der Waals surface area (Å²) >= 11 is 0. The van der Waals surface area contributed by atoms with Crippen LogP contribution in [0.5, 0.6) is 5.75 Å². The fourth-order valence-corrected chi connectivity index (χ4v) is 5.45. The van der Waals surface area contributed by atoms with Gasteiger partial charge in [0.15, 0.2) is 0 Å². The standard InChI is InChI=1S/C34H53NO/c1-9-12-14-31(26(5)16-15-25(4)13-10-2)21-27(6)32-24-34(36-8)33(22-28(32)7)30(11-3)23-29-17-19-35-20-18-29/h14-16,21-22,24,29-30,35H,9-13,17-20,23H2,1-8H3/b25-15-,26-16+,27-21-,31-14-. The first-order valence-corrected chi connectivity index (χ1v) is 14.5. The van der Waals surface area contributed by atoms with Crippen LogP contribution in [0, 0.1) is 12.8 Å². The maximum atomic E-state index is 6.00.